The number of rotatable bonds is 5. The maximum Gasteiger partial charge on any atom is 0.404 e. The van der Waals surface area contributed by atoms with E-state index in [9.17, 15) is 4.79 Å². The second-order valence-electron chi connectivity index (χ2n) is 2.55. The van der Waals surface area contributed by atoms with Crippen LogP contribution in [0.2, 0.25) is 0 Å². The Morgan fingerprint density at radius 3 is 3.00 bits per heavy atom. The fourth-order valence-electron chi connectivity index (χ4n) is 0.882. The van der Waals surface area contributed by atoms with E-state index in [0.717, 1.165) is 9.53 Å². The Kier molecular flexibility index (Phi) is 4.74. The van der Waals surface area contributed by atoms with Gasteiger partial charge in [0.25, 0.3) is 0 Å². The summed E-state index contributed by atoms with van der Waals surface area (Å²) in [7, 11) is 0. The average Bonchev–Trinajstić information content (AvgIpc) is 2.50. The minimum absolute atomic E-state index is 0.271. The number of hydrogen-bond acceptors (Lipinski definition) is 4. The molecule has 0 bridgehead atoms. The van der Waals surface area contributed by atoms with Gasteiger partial charge in [0.1, 0.15) is 12.4 Å². The zero-order valence-corrected chi connectivity index (χ0v) is 9.61. The molecule has 1 amide bonds. The molecule has 0 aliphatic carbocycles. The lowest BCUT2D eigenvalue weighted by Crippen LogP contribution is -2.23. The molecule has 0 atom stereocenters. The summed E-state index contributed by atoms with van der Waals surface area (Å²) < 4.78 is 10.7. The molecular formula is C8H11IN2O3. The number of ether oxygens (including phenoxy) is 1. The molecule has 1 aromatic heterocycles. The number of amides is 1. The summed E-state index contributed by atoms with van der Waals surface area (Å²) in [6.45, 7) is 1.44. The SMILES string of the molecule is NC(=O)OCCNCc1ccc(I)o1. The summed E-state index contributed by atoms with van der Waals surface area (Å²) in [5, 5.41) is 3.04. The normalized spacial score (nSPS) is 10.1. The number of primary amides is 1. The van der Waals surface area contributed by atoms with Gasteiger partial charge < -0.3 is 20.2 Å². The van der Waals surface area contributed by atoms with Crippen LogP contribution >= 0.6 is 22.6 Å². The first-order valence-electron chi connectivity index (χ1n) is 4.05. The molecule has 0 radical (unpaired) electrons. The van der Waals surface area contributed by atoms with Crippen molar-refractivity contribution in [2.75, 3.05) is 13.2 Å². The van der Waals surface area contributed by atoms with Gasteiger partial charge in [-0.1, -0.05) is 0 Å². The molecule has 5 nitrogen and oxygen atoms in total. The highest BCUT2D eigenvalue weighted by Crippen LogP contribution is 2.09. The molecule has 78 valence electrons. The molecule has 1 rings (SSSR count). The minimum Gasteiger partial charge on any atom is -0.454 e. The van der Waals surface area contributed by atoms with Crippen LogP contribution in [-0.2, 0) is 11.3 Å². The van der Waals surface area contributed by atoms with Gasteiger partial charge in [-0.3, -0.25) is 0 Å². The maximum absolute atomic E-state index is 10.2. The van der Waals surface area contributed by atoms with Crippen molar-refractivity contribution in [2.24, 2.45) is 5.73 Å². The van der Waals surface area contributed by atoms with Crippen molar-refractivity contribution in [3.8, 4) is 0 Å². The topological polar surface area (TPSA) is 77.5 Å². The quantitative estimate of drug-likeness (QED) is 0.630. The third kappa shape index (κ3) is 4.47. The van der Waals surface area contributed by atoms with Crippen LogP contribution in [0, 0.1) is 3.77 Å². The molecule has 1 aromatic rings. The van der Waals surface area contributed by atoms with E-state index in [-0.39, 0.29) is 6.61 Å². The van der Waals surface area contributed by atoms with E-state index in [1.165, 1.54) is 0 Å². The Labute approximate surface area is 95.1 Å². The Bertz CT molecular complexity index is 301. The van der Waals surface area contributed by atoms with Crippen LogP contribution in [-0.4, -0.2) is 19.2 Å². The molecule has 0 aliphatic heterocycles. The Hall–Kier alpha value is -0.760. The van der Waals surface area contributed by atoms with E-state index in [1.807, 2.05) is 12.1 Å². The van der Waals surface area contributed by atoms with Gasteiger partial charge in [-0.05, 0) is 34.7 Å². The largest absolute Gasteiger partial charge is 0.454 e. The van der Waals surface area contributed by atoms with Gasteiger partial charge in [0.15, 0.2) is 3.77 Å². The summed E-state index contributed by atoms with van der Waals surface area (Å²) in [6.07, 6.45) is -0.751. The van der Waals surface area contributed by atoms with Crippen molar-refractivity contribution >= 4 is 28.7 Å². The number of halogens is 1. The number of furan rings is 1. The molecule has 0 fully saturated rings. The van der Waals surface area contributed by atoms with Crippen LogP contribution in [0.5, 0.6) is 0 Å². The summed E-state index contributed by atoms with van der Waals surface area (Å²) in [5.41, 5.74) is 4.78. The van der Waals surface area contributed by atoms with Crippen LogP contribution < -0.4 is 11.1 Å². The standard InChI is InChI=1S/C8H11IN2O3/c9-7-2-1-6(14-7)5-11-3-4-13-8(10)12/h1-2,11H,3-5H2,(H2,10,12). The van der Waals surface area contributed by atoms with E-state index in [0.29, 0.717) is 13.1 Å². The van der Waals surface area contributed by atoms with E-state index >= 15 is 0 Å². The van der Waals surface area contributed by atoms with Crippen molar-refractivity contribution < 1.29 is 13.9 Å². The average molecular weight is 310 g/mol. The number of carbonyl (C=O) groups is 1. The van der Waals surface area contributed by atoms with Crippen LogP contribution in [0.3, 0.4) is 0 Å². The highest BCUT2D eigenvalue weighted by atomic mass is 127. The van der Waals surface area contributed by atoms with Crippen LogP contribution in [0.4, 0.5) is 4.79 Å². The first kappa shape index (κ1) is 11.3. The Morgan fingerprint density at radius 1 is 1.64 bits per heavy atom. The fourth-order valence-corrected chi connectivity index (χ4v) is 1.34. The van der Waals surface area contributed by atoms with Crippen LogP contribution in [0.15, 0.2) is 16.5 Å². The molecule has 6 heteroatoms. The van der Waals surface area contributed by atoms with Gasteiger partial charge >= 0.3 is 6.09 Å². The number of carbonyl (C=O) groups excluding carboxylic acids is 1. The third-order valence-corrected chi connectivity index (χ3v) is 2.03. The smallest absolute Gasteiger partial charge is 0.404 e. The van der Waals surface area contributed by atoms with Crippen molar-refractivity contribution in [3.05, 3.63) is 21.7 Å². The third-order valence-electron chi connectivity index (χ3n) is 1.45. The molecule has 14 heavy (non-hydrogen) atoms. The summed E-state index contributed by atoms with van der Waals surface area (Å²) in [4.78, 5) is 10.2. The highest BCUT2D eigenvalue weighted by Gasteiger charge is 1.98. The zero-order chi connectivity index (χ0) is 10.4. The maximum atomic E-state index is 10.2. The molecule has 0 saturated carbocycles. The Balaban J connectivity index is 2.07. The van der Waals surface area contributed by atoms with Crippen LogP contribution in [0.25, 0.3) is 0 Å². The Morgan fingerprint density at radius 2 is 2.43 bits per heavy atom. The van der Waals surface area contributed by atoms with Crippen molar-refractivity contribution in [1.29, 1.82) is 0 Å². The van der Waals surface area contributed by atoms with Gasteiger partial charge in [0, 0.05) is 6.54 Å². The van der Waals surface area contributed by atoms with E-state index in [4.69, 9.17) is 10.2 Å². The predicted molar refractivity (Wildman–Crippen MR) is 58.7 cm³/mol. The summed E-state index contributed by atoms with van der Waals surface area (Å²) >= 11 is 2.10. The molecule has 1 heterocycles. The molecular weight excluding hydrogens is 299 g/mol. The molecule has 3 N–H and O–H groups in total. The van der Waals surface area contributed by atoms with E-state index in [1.54, 1.807) is 0 Å². The number of nitrogens with two attached hydrogens (primary N) is 1. The van der Waals surface area contributed by atoms with Crippen molar-refractivity contribution in [3.63, 3.8) is 0 Å². The second-order valence-corrected chi connectivity index (χ2v) is 3.61. The fraction of sp³-hybridized carbons (Fsp3) is 0.375. The number of hydrogen-bond donors (Lipinski definition) is 2. The first-order chi connectivity index (χ1) is 6.68. The summed E-state index contributed by atoms with van der Waals surface area (Å²) in [5.74, 6) is 0.855. The van der Waals surface area contributed by atoms with Gasteiger partial charge in [0.2, 0.25) is 0 Å². The van der Waals surface area contributed by atoms with Crippen LogP contribution in [0.1, 0.15) is 5.76 Å². The first-order valence-corrected chi connectivity index (χ1v) is 5.13. The lowest BCUT2D eigenvalue weighted by Gasteiger charge is -2.02. The zero-order valence-electron chi connectivity index (χ0n) is 7.46. The molecule has 0 aromatic carbocycles. The van der Waals surface area contributed by atoms with E-state index in [2.05, 4.69) is 32.6 Å². The molecule has 0 unspecified atom stereocenters. The molecule has 0 saturated heterocycles. The van der Waals surface area contributed by atoms with Gasteiger partial charge in [0.05, 0.1) is 6.54 Å². The van der Waals surface area contributed by atoms with Crippen molar-refractivity contribution in [1.82, 2.24) is 5.32 Å². The molecule has 0 spiro atoms. The van der Waals surface area contributed by atoms with Gasteiger partial charge in [-0.15, -0.1) is 0 Å². The lowest BCUT2D eigenvalue weighted by atomic mass is 10.4. The van der Waals surface area contributed by atoms with Gasteiger partial charge in [-0.2, -0.15) is 0 Å². The van der Waals surface area contributed by atoms with Gasteiger partial charge in [-0.25, -0.2) is 4.79 Å². The minimum atomic E-state index is -0.751. The van der Waals surface area contributed by atoms with Crippen molar-refractivity contribution in [2.45, 2.75) is 6.54 Å². The highest BCUT2D eigenvalue weighted by molar-refractivity contribution is 14.1. The summed E-state index contributed by atoms with van der Waals surface area (Å²) in [6, 6.07) is 3.78. The molecule has 0 aliphatic rings. The number of nitrogens with one attached hydrogen (secondary N) is 1. The lowest BCUT2D eigenvalue weighted by molar-refractivity contribution is 0.157. The predicted octanol–water partition coefficient (Wildman–Crippen LogP) is 1.07. The monoisotopic (exact) mass is 310 g/mol. The second kappa shape index (κ2) is 5.86. The van der Waals surface area contributed by atoms with E-state index < -0.39 is 6.09 Å².